The Bertz CT molecular complexity index is 1420. The number of hydrogen-bond acceptors (Lipinski definition) is 2. The monoisotopic (exact) mass is 522 g/mol. The van der Waals surface area contributed by atoms with E-state index in [0.717, 1.165) is 8.95 Å². The highest BCUT2D eigenvalue weighted by atomic mass is 79.9. The van der Waals surface area contributed by atoms with Crippen molar-refractivity contribution >= 4 is 94.9 Å². The zero-order valence-corrected chi connectivity index (χ0v) is 19.3. The molecule has 4 aromatic carbocycles. The summed E-state index contributed by atoms with van der Waals surface area (Å²) in [6, 6.07) is 26.4. The fourth-order valence-electron chi connectivity index (χ4n) is 3.90. The zero-order chi connectivity index (χ0) is 18.8. The summed E-state index contributed by atoms with van der Waals surface area (Å²) in [7, 11) is 0. The molecule has 0 saturated carbocycles. The Morgan fingerprint density at radius 3 is 1.36 bits per heavy atom. The van der Waals surface area contributed by atoms with Gasteiger partial charge in [0, 0.05) is 49.3 Å². The Hall–Kier alpha value is -1.72. The minimum Gasteiger partial charge on any atom is -0.135 e. The number of halogens is 2. The molecule has 0 aliphatic carbocycles. The van der Waals surface area contributed by atoms with E-state index in [1.54, 1.807) is 0 Å². The molecule has 28 heavy (non-hydrogen) atoms. The minimum atomic E-state index is 1.13. The molecule has 0 radical (unpaired) electrons. The van der Waals surface area contributed by atoms with Gasteiger partial charge in [-0.15, -0.1) is 22.7 Å². The Balaban J connectivity index is 1.64. The normalized spacial score (nSPS) is 11.9. The summed E-state index contributed by atoms with van der Waals surface area (Å²) in [6.07, 6.45) is 0. The maximum absolute atomic E-state index is 3.84. The Morgan fingerprint density at radius 1 is 0.464 bits per heavy atom. The van der Waals surface area contributed by atoms with Crippen molar-refractivity contribution in [1.29, 1.82) is 0 Å². The van der Waals surface area contributed by atoms with Gasteiger partial charge in [-0.05, 0) is 47.5 Å². The molecule has 0 amide bonds. The van der Waals surface area contributed by atoms with Crippen molar-refractivity contribution in [3.8, 4) is 11.1 Å². The van der Waals surface area contributed by atoms with E-state index >= 15 is 0 Å². The molecule has 0 aliphatic heterocycles. The highest BCUT2D eigenvalue weighted by molar-refractivity contribution is 9.11. The largest absolute Gasteiger partial charge is 0.135 e. The molecule has 134 valence electrons. The lowest BCUT2D eigenvalue weighted by Gasteiger charge is -2.09. The van der Waals surface area contributed by atoms with Gasteiger partial charge in [-0.25, -0.2) is 0 Å². The van der Waals surface area contributed by atoms with Gasteiger partial charge in [0.2, 0.25) is 0 Å². The SMILES string of the molecule is Brc1cc2c(cc1-c1cc3sc4ccccc4c3cc1Br)sc1ccccc12. The van der Waals surface area contributed by atoms with Crippen LogP contribution >= 0.6 is 54.5 Å². The molecule has 2 aromatic heterocycles. The second-order valence-electron chi connectivity index (χ2n) is 6.85. The second kappa shape index (κ2) is 6.39. The van der Waals surface area contributed by atoms with Crippen molar-refractivity contribution in [2.45, 2.75) is 0 Å². The van der Waals surface area contributed by atoms with Gasteiger partial charge in [0.15, 0.2) is 0 Å². The Kier molecular flexibility index (Phi) is 3.92. The van der Waals surface area contributed by atoms with Crippen LogP contribution in [0, 0.1) is 0 Å². The summed E-state index contributed by atoms with van der Waals surface area (Å²) in [4.78, 5) is 0. The van der Waals surface area contributed by atoms with Gasteiger partial charge in [0.1, 0.15) is 0 Å². The predicted octanol–water partition coefficient (Wildman–Crippen LogP) is 9.61. The van der Waals surface area contributed by atoms with Crippen LogP contribution in [0.25, 0.3) is 51.5 Å². The average molecular weight is 524 g/mol. The quantitative estimate of drug-likeness (QED) is 0.201. The summed E-state index contributed by atoms with van der Waals surface area (Å²) in [5, 5.41) is 5.29. The highest BCUT2D eigenvalue weighted by Gasteiger charge is 2.15. The van der Waals surface area contributed by atoms with Crippen molar-refractivity contribution in [2.24, 2.45) is 0 Å². The molecule has 0 unspecified atom stereocenters. The molecule has 0 aliphatic rings. The smallest absolute Gasteiger partial charge is 0.0362 e. The van der Waals surface area contributed by atoms with Crippen LogP contribution in [0.3, 0.4) is 0 Å². The van der Waals surface area contributed by atoms with E-state index in [0.29, 0.717) is 0 Å². The first-order valence-electron chi connectivity index (χ1n) is 8.91. The maximum Gasteiger partial charge on any atom is 0.0362 e. The van der Waals surface area contributed by atoms with Gasteiger partial charge < -0.3 is 0 Å². The minimum absolute atomic E-state index is 1.13. The van der Waals surface area contributed by atoms with Crippen LogP contribution in [0.4, 0.5) is 0 Å². The highest BCUT2D eigenvalue weighted by Crippen LogP contribution is 2.44. The zero-order valence-electron chi connectivity index (χ0n) is 14.5. The molecule has 6 aromatic rings. The summed E-state index contributed by atoms with van der Waals surface area (Å²) in [6.45, 7) is 0. The molecule has 0 fully saturated rings. The van der Waals surface area contributed by atoms with Crippen molar-refractivity contribution in [1.82, 2.24) is 0 Å². The van der Waals surface area contributed by atoms with Crippen LogP contribution in [0.1, 0.15) is 0 Å². The van der Waals surface area contributed by atoms with Gasteiger partial charge in [0.05, 0.1) is 0 Å². The van der Waals surface area contributed by atoms with Crippen molar-refractivity contribution in [3.63, 3.8) is 0 Å². The van der Waals surface area contributed by atoms with E-state index in [2.05, 4.69) is 105 Å². The number of benzene rings is 4. The van der Waals surface area contributed by atoms with Crippen LogP contribution in [0.2, 0.25) is 0 Å². The van der Waals surface area contributed by atoms with Gasteiger partial charge in [0.25, 0.3) is 0 Å². The van der Waals surface area contributed by atoms with Gasteiger partial charge in [-0.2, -0.15) is 0 Å². The van der Waals surface area contributed by atoms with Crippen molar-refractivity contribution in [3.05, 3.63) is 81.7 Å². The molecular weight excluding hydrogens is 512 g/mol. The molecule has 0 bridgehead atoms. The van der Waals surface area contributed by atoms with Crippen LogP contribution < -0.4 is 0 Å². The van der Waals surface area contributed by atoms with Gasteiger partial charge in [-0.1, -0.05) is 68.3 Å². The van der Waals surface area contributed by atoms with E-state index in [1.807, 2.05) is 22.7 Å². The summed E-state index contributed by atoms with van der Waals surface area (Å²) >= 11 is 11.4. The van der Waals surface area contributed by atoms with E-state index in [-0.39, 0.29) is 0 Å². The van der Waals surface area contributed by atoms with Crippen molar-refractivity contribution in [2.75, 3.05) is 0 Å². The molecule has 0 atom stereocenters. The van der Waals surface area contributed by atoms with Crippen molar-refractivity contribution < 1.29 is 0 Å². The third-order valence-electron chi connectivity index (χ3n) is 5.22. The first-order chi connectivity index (χ1) is 13.7. The van der Waals surface area contributed by atoms with Crippen LogP contribution in [0.15, 0.2) is 81.7 Å². The first-order valence-corrected chi connectivity index (χ1v) is 12.1. The first kappa shape index (κ1) is 17.2. The van der Waals surface area contributed by atoms with Gasteiger partial charge in [-0.3, -0.25) is 0 Å². The fraction of sp³-hybridized carbons (Fsp3) is 0. The maximum atomic E-state index is 3.84. The number of rotatable bonds is 1. The third-order valence-corrected chi connectivity index (χ3v) is 8.80. The molecular formula is C24H12Br2S2. The molecule has 0 nitrogen and oxygen atoms in total. The number of fused-ring (bicyclic) bond motifs is 6. The Morgan fingerprint density at radius 2 is 0.893 bits per heavy atom. The molecule has 4 heteroatoms. The topological polar surface area (TPSA) is 0 Å². The van der Waals surface area contributed by atoms with E-state index in [1.165, 1.54) is 51.5 Å². The standard InChI is InChI=1S/C24H12Br2S2/c25-19-9-17-13-5-1-3-7-21(13)27-23(17)11-15(19)16-12-24-18(10-20(16)26)14-6-2-4-8-22(14)28-24/h1-12H. The lowest BCUT2D eigenvalue weighted by Crippen LogP contribution is -1.82. The molecule has 2 heterocycles. The lowest BCUT2D eigenvalue weighted by atomic mass is 10.0. The summed E-state index contributed by atoms with van der Waals surface area (Å²) < 4.78 is 7.57. The summed E-state index contributed by atoms with van der Waals surface area (Å²) in [5.41, 5.74) is 2.45. The fourth-order valence-corrected chi connectivity index (χ4v) is 7.27. The van der Waals surface area contributed by atoms with E-state index in [9.17, 15) is 0 Å². The van der Waals surface area contributed by atoms with Crippen LogP contribution in [0.5, 0.6) is 0 Å². The summed E-state index contributed by atoms with van der Waals surface area (Å²) in [5.74, 6) is 0. The third kappa shape index (κ3) is 2.52. The Labute approximate surface area is 186 Å². The molecule has 0 N–H and O–H groups in total. The lowest BCUT2D eigenvalue weighted by molar-refractivity contribution is 1.64. The number of hydrogen-bond donors (Lipinski definition) is 0. The van der Waals surface area contributed by atoms with E-state index in [4.69, 9.17) is 0 Å². The molecule has 0 saturated heterocycles. The molecule has 6 rings (SSSR count). The van der Waals surface area contributed by atoms with Crippen LogP contribution in [-0.4, -0.2) is 0 Å². The van der Waals surface area contributed by atoms with Gasteiger partial charge >= 0.3 is 0 Å². The second-order valence-corrected chi connectivity index (χ2v) is 10.7. The number of thiophene rings is 2. The predicted molar refractivity (Wildman–Crippen MR) is 133 cm³/mol. The van der Waals surface area contributed by atoms with E-state index < -0.39 is 0 Å². The van der Waals surface area contributed by atoms with Crippen LogP contribution in [-0.2, 0) is 0 Å². The molecule has 0 spiro atoms. The average Bonchev–Trinajstić information content (AvgIpc) is 3.24.